The Bertz CT molecular complexity index is 425. The number of nitrogens with zero attached hydrogens (tertiary/aromatic N) is 3. The molecule has 0 saturated carbocycles. The van der Waals surface area contributed by atoms with Crippen molar-refractivity contribution in [2.24, 2.45) is 5.73 Å². The summed E-state index contributed by atoms with van der Waals surface area (Å²) in [4.78, 5) is 14.5. The van der Waals surface area contributed by atoms with E-state index >= 15 is 0 Å². The van der Waals surface area contributed by atoms with Crippen molar-refractivity contribution in [3.63, 3.8) is 0 Å². The number of aliphatic hydroxyl groups excluding tert-OH is 2. The zero-order valence-electron chi connectivity index (χ0n) is 8.60. The normalized spacial score (nSPS) is 32.9. The van der Waals surface area contributed by atoms with Gasteiger partial charge in [-0.2, -0.15) is 0 Å². The van der Waals surface area contributed by atoms with E-state index in [1.165, 1.54) is 11.0 Å². The smallest absolute Gasteiger partial charge is 0.288 e. The summed E-state index contributed by atoms with van der Waals surface area (Å²) in [5.41, 5.74) is 5.01. The molecule has 0 spiro atoms. The van der Waals surface area contributed by atoms with Crippen LogP contribution >= 0.6 is 22.6 Å². The van der Waals surface area contributed by atoms with Gasteiger partial charge in [-0.3, -0.25) is 4.79 Å². The zero-order valence-corrected chi connectivity index (χ0v) is 10.8. The first-order chi connectivity index (χ1) is 8.04. The highest BCUT2D eigenvalue weighted by Gasteiger charge is 2.43. The maximum atomic E-state index is 10.8. The fraction of sp³-hybridized carbons (Fsp3) is 0.625. The first-order valence-electron chi connectivity index (χ1n) is 4.83. The lowest BCUT2D eigenvalue weighted by Crippen LogP contribution is -2.32. The van der Waals surface area contributed by atoms with Crippen molar-refractivity contribution in [2.75, 3.05) is 4.43 Å². The molecule has 1 aromatic heterocycles. The van der Waals surface area contributed by atoms with E-state index in [9.17, 15) is 15.0 Å². The van der Waals surface area contributed by atoms with Crippen LogP contribution in [-0.4, -0.2) is 53.6 Å². The van der Waals surface area contributed by atoms with Crippen molar-refractivity contribution in [1.29, 1.82) is 0 Å². The molecular formula is C8H11IN4O4. The number of carbonyl (C=O) groups is 1. The summed E-state index contributed by atoms with van der Waals surface area (Å²) in [6.45, 7) is 0. The van der Waals surface area contributed by atoms with E-state index in [1.54, 1.807) is 0 Å². The minimum Gasteiger partial charge on any atom is -0.387 e. The summed E-state index contributed by atoms with van der Waals surface area (Å²) in [6.07, 6.45) is -2.20. The molecule has 94 valence electrons. The Morgan fingerprint density at radius 3 is 2.76 bits per heavy atom. The highest BCUT2D eigenvalue weighted by molar-refractivity contribution is 14.1. The number of amides is 1. The van der Waals surface area contributed by atoms with Crippen LogP contribution in [0.25, 0.3) is 0 Å². The Balaban J connectivity index is 2.19. The van der Waals surface area contributed by atoms with Crippen LogP contribution in [0.4, 0.5) is 0 Å². The molecule has 1 aliphatic rings. The molecule has 4 N–H and O–H groups in total. The first-order valence-corrected chi connectivity index (χ1v) is 6.35. The number of carbonyl (C=O) groups excluding carboxylic acids is 1. The number of aliphatic hydroxyl groups is 2. The third-order valence-electron chi connectivity index (χ3n) is 2.48. The summed E-state index contributed by atoms with van der Waals surface area (Å²) >= 11 is 2.04. The number of primary amides is 1. The fourth-order valence-electron chi connectivity index (χ4n) is 1.59. The number of rotatable bonds is 3. The van der Waals surface area contributed by atoms with E-state index in [0.717, 1.165) is 0 Å². The summed E-state index contributed by atoms with van der Waals surface area (Å²) in [7, 11) is 0. The molecular weight excluding hydrogens is 343 g/mol. The molecule has 9 heteroatoms. The number of alkyl halides is 1. The summed E-state index contributed by atoms with van der Waals surface area (Å²) in [5, 5.41) is 23.2. The lowest BCUT2D eigenvalue weighted by molar-refractivity contribution is -0.0384. The maximum absolute atomic E-state index is 10.8. The van der Waals surface area contributed by atoms with Crippen molar-refractivity contribution in [1.82, 2.24) is 14.8 Å². The predicted molar refractivity (Wildman–Crippen MR) is 63.4 cm³/mol. The monoisotopic (exact) mass is 354 g/mol. The van der Waals surface area contributed by atoms with Crippen LogP contribution in [-0.2, 0) is 4.74 Å². The van der Waals surface area contributed by atoms with Crippen LogP contribution in [0.5, 0.6) is 0 Å². The van der Waals surface area contributed by atoms with Crippen molar-refractivity contribution in [2.45, 2.75) is 24.5 Å². The van der Waals surface area contributed by atoms with Crippen LogP contribution < -0.4 is 5.73 Å². The summed E-state index contributed by atoms with van der Waals surface area (Å²) < 4.78 is 7.13. The number of nitrogens with two attached hydrogens (primary N) is 1. The number of hydrogen-bond donors (Lipinski definition) is 3. The Kier molecular flexibility index (Phi) is 3.61. The third kappa shape index (κ3) is 2.27. The molecule has 0 aliphatic carbocycles. The van der Waals surface area contributed by atoms with Crippen LogP contribution in [0.1, 0.15) is 16.8 Å². The first kappa shape index (κ1) is 12.7. The van der Waals surface area contributed by atoms with E-state index in [1.807, 2.05) is 22.6 Å². The van der Waals surface area contributed by atoms with Gasteiger partial charge in [0.25, 0.3) is 5.91 Å². The van der Waals surface area contributed by atoms with E-state index in [0.29, 0.717) is 4.43 Å². The maximum Gasteiger partial charge on any atom is 0.288 e. The van der Waals surface area contributed by atoms with Gasteiger partial charge in [0.1, 0.15) is 18.5 Å². The third-order valence-corrected chi connectivity index (χ3v) is 3.35. The molecule has 17 heavy (non-hydrogen) atoms. The largest absolute Gasteiger partial charge is 0.387 e. The number of aromatic nitrogens is 3. The quantitative estimate of drug-likeness (QED) is 0.445. The predicted octanol–water partition coefficient (Wildman–Crippen LogP) is -1.57. The Hall–Kier alpha value is -0.780. The van der Waals surface area contributed by atoms with Gasteiger partial charge in [0.2, 0.25) is 5.82 Å². The van der Waals surface area contributed by atoms with Gasteiger partial charge in [-0.25, -0.2) is 9.67 Å². The number of ether oxygens (including phenoxy) is 1. The number of hydrogen-bond acceptors (Lipinski definition) is 6. The van der Waals surface area contributed by atoms with Crippen molar-refractivity contribution < 1.29 is 19.7 Å². The van der Waals surface area contributed by atoms with Crippen LogP contribution in [0.2, 0.25) is 0 Å². The molecule has 0 radical (unpaired) electrons. The SMILES string of the molecule is NC(=O)c1ncn([C@@H]2O[C@H](CI)[C@@H](O)[C@H]2O)n1. The molecule has 1 saturated heterocycles. The second kappa shape index (κ2) is 4.84. The van der Waals surface area contributed by atoms with E-state index in [-0.39, 0.29) is 5.82 Å². The average molecular weight is 354 g/mol. The Morgan fingerprint density at radius 2 is 2.29 bits per heavy atom. The molecule has 2 heterocycles. The number of halogens is 1. The van der Waals surface area contributed by atoms with Gasteiger partial charge in [0.05, 0.1) is 6.10 Å². The van der Waals surface area contributed by atoms with Gasteiger partial charge in [0.15, 0.2) is 6.23 Å². The van der Waals surface area contributed by atoms with Gasteiger partial charge in [-0.1, -0.05) is 22.6 Å². The van der Waals surface area contributed by atoms with Gasteiger partial charge in [-0.15, -0.1) is 5.10 Å². The van der Waals surface area contributed by atoms with Crippen LogP contribution in [0.3, 0.4) is 0 Å². The molecule has 0 bridgehead atoms. The van der Waals surface area contributed by atoms with Crippen LogP contribution in [0.15, 0.2) is 6.33 Å². The van der Waals surface area contributed by atoms with Gasteiger partial charge in [0, 0.05) is 4.43 Å². The molecule has 8 nitrogen and oxygen atoms in total. The average Bonchev–Trinajstić information content (AvgIpc) is 2.87. The molecule has 1 aliphatic heterocycles. The highest BCUT2D eigenvalue weighted by Crippen LogP contribution is 2.29. The van der Waals surface area contributed by atoms with Crippen molar-refractivity contribution >= 4 is 28.5 Å². The van der Waals surface area contributed by atoms with E-state index in [4.69, 9.17) is 10.5 Å². The van der Waals surface area contributed by atoms with Crippen molar-refractivity contribution in [3.05, 3.63) is 12.2 Å². The molecule has 2 rings (SSSR count). The zero-order chi connectivity index (χ0) is 12.6. The lowest BCUT2D eigenvalue weighted by Gasteiger charge is -2.13. The second-order valence-corrected chi connectivity index (χ2v) is 4.49. The molecule has 1 aromatic rings. The molecule has 1 fully saturated rings. The standard InChI is InChI=1S/C8H11IN4O4/c9-1-3-4(14)5(15)8(17-3)13-2-11-7(12-13)6(10)16/h2-5,8,14-15H,1H2,(H2,10,16)/t3-,4-,5-,8-/m1/s1. The summed E-state index contributed by atoms with van der Waals surface area (Å²) in [5.74, 6) is -0.921. The molecule has 0 aromatic carbocycles. The second-order valence-electron chi connectivity index (χ2n) is 3.61. The molecule has 1 amide bonds. The minimum absolute atomic E-state index is 0.159. The fourth-order valence-corrected chi connectivity index (χ4v) is 2.31. The van der Waals surface area contributed by atoms with E-state index < -0.39 is 30.4 Å². The van der Waals surface area contributed by atoms with Gasteiger partial charge < -0.3 is 20.7 Å². The summed E-state index contributed by atoms with van der Waals surface area (Å²) in [6, 6.07) is 0. The lowest BCUT2D eigenvalue weighted by atomic mass is 10.1. The molecule has 0 unspecified atom stereocenters. The topological polar surface area (TPSA) is 123 Å². The Morgan fingerprint density at radius 1 is 1.59 bits per heavy atom. The van der Waals surface area contributed by atoms with Gasteiger partial charge >= 0.3 is 0 Å². The minimum atomic E-state index is -1.11. The van der Waals surface area contributed by atoms with Crippen LogP contribution in [0, 0.1) is 0 Å². The van der Waals surface area contributed by atoms with Crippen molar-refractivity contribution in [3.8, 4) is 0 Å². The van der Waals surface area contributed by atoms with Gasteiger partial charge in [-0.05, 0) is 0 Å². The van der Waals surface area contributed by atoms with E-state index in [2.05, 4.69) is 10.1 Å². The highest BCUT2D eigenvalue weighted by atomic mass is 127. The molecule has 4 atom stereocenters. The Labute approximate surface area is 110 Å².